The Hall–Kier alpha value is -1.93. The van der Waals surface area contributed by atoms with Crippen LogP contribution in [0.4, 0.5) is 0 Å². The molecule has 126 valence electrons. The lowest BCUT2D eigenvalue weighted by molar-refractivity contribution is -0.137. The highest BCUT2D eigenvalue weighted by molar-refractivity contribution is 7.89. The fourth-order valence-corrected chi connectivity index (χ4v) is 2.72. The molecule has 1 aromatic rings. The Balaban J connectivity index is 2.03. The number of sulfonamides is 1. The van der Waals surface area contributed by atoms with Gasteiger partial charge in [0.15, 0.2) is 0 Å². The lowest BCUT2D eigenvalue weighted by atomic mass is 10.1. The Morgan fingerprint density at radius 1 is 1.26 bits per heavy atom. The second-order valence-electron chi connectivity index (χ2n) is 5.48. The van der Waals surface area contributed by atoms with E-state index in [0.29, 0.717) is 5.56 Å². The zero-order chi connectivity index (χ0) is 17.0. The van der Waals surface area contributed by atoms with Crippen LogP contribution < -0.4 is 4.72 Å². The van der Waals surface area contributed by atoms with Crippen molar-refractivity contribution >= 4 is 21.9 Å². The number of hydrogen-bond donors (Lipinski definition) is 2. The molecule has 23 heavy (non-hydrogen) atoms. The summed E-state index contributed by atoms with van der Waals surface area (Å²) in [5.74, 6) is -1.33. The first-order valence-corrected chi connectivity index (χ1v) is 9.06. The quantitative estimate of drug-likeness (QED) is 0.729. The van der Waals surface area contributed by atoms with Crippen LogP contribution >= 0.6 is 0 Å². The van der Waals surface area contributed by atoms with Crippen LogP contribution in [0.25, 0.3) is 0 Å². The highest BCUT2D eigenvalue weighted by Gasteiger charge is 2.34. The maximum absolute atomic E-state index is 12.4. The molecule has 1 aliphatic carbocycles. The van der Waals surface area contributed by atoms with Gasteiger partial charge in [0.1, 0.15) is 6.54 Å². The van der Waals surface area contributed by atoms with E-state index in [0.717, 1.165) is 18.4 Å². The van der Waals surface area contributed by atoms with Crippen LogP contribution in [-0.2, 0) is 21.4 Å². The molecule has 0 heterocycles. The van der Waals surface area contributed by atoms with E-state index in [-0.39, 0.29) is 30.8 Å². The number of nitrogens with zero attached hydrogens (tertiary/aromatic N) is 1. The summed E-state index contributed by atoms with van der Waals surface area (Å²) in [6, 6.07) is 6.52. The van der Waals surface area contributed by atoms with Gasteiger partial charge in [-0.25, -0.2) is 13.1 Å². The molecule has 0 atom stereocenters. The average Bonchev–Trinajstić information content (AvgIpc) is 3.35. The Morgan fingerprint density at radius 2 is 1.87 bits per heavy atom. The standard InChI is InChI=1S/C15H20N2O5S/c1-2-23(21,22)16-9-11-3-5-12(6-4-11)15(20)17(10-14(18)19)13-7-8-13/h3-6,13,16H,2,7-10H2,1H3,(H,18,19). The number of carbonyl (C=O) groups excluding carboxylic acids is 1. The summed E-state index contributed by atoms with van der Waals surface area (Å²) in [7, 11) is -3.26. The van der Waals surface area contributed by atoms with E-state index in [9.17, 15) is 18.0 Å². The van der Waals surface area contributed by atoms with E-state index >= 15 is 0 Å². The second-order valence-corrected chi connectivity index (χ2v) is 7.57. The van der Waals surface area contributed by atoms with Gasteiger partial charge in [-0.3, -0.25) is 9.59 Å². The summed E-state index contributed by atoms with van der Waals surface area (Å²) in [5, 5.41) is 8.91. The first-order chi connectivity index (χ1) is 10.8. The number of rotatable bonds is 8. The molecule has 0 unspecified atom stereocenters. The molecule has 0 bridgehead atoms. The van der Waals surface area contributed by atoms with Crippen molar-refractivity contribution in [3.05, 3.63) is 35.4 Å². The predicted molar refractivity (Wildman–Crippen MR) is 84.4 cm³/mol. The van der Waals surface area contributed by atoms with Gasteiger partial charge in [-0.05, 0) is 37.5 Å². The van der Waals surface area contributed by atoms with Gasteiger partial charge in [-0.2, -0.15) is 0 Å². The number of carbonyl (C=O) groups is 2. The van der Waals surface area contributed by atoms with Crippen LogP contribution in [0, 0.1) is 0 Å². The molecular weight excluding hydrogens is 320 g/mol. The van der Waals surface area contributed by atoms with Crippen molar-refractivity contribution in [2.75, 3.05) is 12.3 Å². The summed E-state index contributed by atoms with van der Waals surface area (Å²) >= 11 is 0. The lowest BCUT2D eigenvalue weighted by Crippen LogP contribution is -2.37. The van der Waals surface area contributed by atoms with Crippen LogP contribution in [0.15, 0.2) is 24.3 Å². The van der Waals surface area contributed by atoms with Gasteiger partial charge in [0, 0.05) is 18.2 Å². The lowest BCUT2D eigenvalue weighted by Gasteiger charge is -2.20. The number of hydrogen-bond acceptors (Lipinski definition) is 4. The largest absolute Gasteiger partial charge is 0.480 e. The van der Waals surface area contributed by atoms with E-state index in [4.69, 9.17) is 5.11 Å². The molecule has 1 saturated carbocycles. The van der Waals surface area contributed by atoms with Gasteiger partial charge in [0.25, 0.3) is 5.91 Å². The molecule has 8 heteroatoms. The zero-order valence-corrected chi connectivity index (χ0v) is 13.7. The van der Waals surface area contributed by atoms with Crippen molar-refractivity contribution in [1.82, 2.24) is 9.62 Å². The summed E-state index contributed by atoms with van der Waals surface area (Å²) in [6.45, 7) is 1.41. The topological polar surface area (TPSA) is 104 Å². The van der Waals surface area contributed by atoms with Crippen LogP contribution in [-0.4, -0.2) is 48.6 Å². The van der Waals surface area contributed by atoms with Gasteiger partial charge in [-0.15, -0.1) is 0 Å². The summed E-state index contributed by atoms with van der Waals surface area (Å²) in [4.78, 5) is 24.6. The number of benzene rings is 1. The monoisotopic (exact) mass is 340 g/mol. The Morgan fingerprint density at radius 3 is 2.35 bits per heavy atom. The zero-order valence-electron chi connectivity index (χ0n) is 12.9. The maximum atomic E-state index is 12.4. The number of carboxylic acids is 1. The molecule has 7 nitrogen and oxygen atoms in total. The summed E-state index contributed by atoms with van der Waals surface area (Å²) < 4.78 is 25.2. The van der Waals surface area contributed by atoms with Crippen molar-refractivity contribution in [3.63, 3.8) is 0 Å². The minimum atomic E-state index is -3.26. The Kier molecular flexibility index (Phi) is 5.38. The average molecular weight is 340 g/mol. The third-order valence-corrected chi connectivity index (χ3v) is 4.98. The predicted octanol–water partition coefficient (Wildman–Crippen LogP) is 0.815. The van der Waals surface area contributed by atoms with Gasteiger partial charge < -0.3 is 10.0 Å². The van der Waals surface area contributed by atoms with Crippen molar-refractivity contribution < 1.29 is 23.1 Å². The van der Waals surface area contributed by atoms with Crippen LogP contribution in [0.5, 0.6) is 0 Å². The SMILES string of the molecule is CCS(=O)(=O)NCc1ccc(C(=O)N(CC(=O)O)C2CC2)cc1. The molecule has 0 aromatic heterocycles. The fourth-order valence-electron chi connectivity index (χ4n) is 2.13. The van der Waals surface area contributed by atoms with Crippen molar-refractivity contribution in [2.24, 2.45) is 0 Å². The molecule has 1 aliphatic rings. The van der Waals surface area contributed by atoms with Crippen molar-refractivity contribution in [3.8, 4) is 0 Å². The third-order valence-electron chi connectivity index (χ3n) is 3.63. The van der Waals surface area contributed by atoms with E-state index in [1.165, 1.54) is 4.90 Å². The van der Waals surface area contributed by atoms with Gasteiger partial charge in [0.2, 0.25) is 10.0 Å². The first kappa shape index (κ1) is 17.4. The van der Waals surface area contributed by atoms with E-state index < -0.39 is 16.0 Å². The van der Waals surface area contributed by atoms with Crippen LogP contribution in [0.3, 0.4) is 0 Å². The molecule has 2 rings (SSSR count). The van der Waals surface area contributed by atoms with Crippen molar-refractivity contribution in [1.29, 1.82) is 0 Å². The number of amides is 1. The summed E-state index contributed by atoms with van der Waals surface area (Å²) in [5.41, 5.74) is 1.13. The van der Waals surface area contributed by atoms with Crippen molar-refractivity contribution in [2.45, 2.75) is 32.4 Å². The van der Waals surface area contributed by atoms with E-state index in [1.54, 1.807) is 31.2 Å². The smallest absolute Gasteiger partial charge is 0.323 e. The highest BCUT2D eigenvalue weighted by Crippen LogP contribution is 2.28. The number of nitrogens with one attached hydrogen (secondary N) is 1. The van der Waals surface area contributed by atoms with Gasteiger partial charge in [-0.1, -0.05) is 12.1 Å². The Labute approximate surface area is 135 Å². The highest BCUT2D eigenvalue weighted by atomic mass is 32.2. The molecule has 1 fully saturated rings. The molecule has 1 aromatic carbocycles. The third kappa shape index (κ3) is 5.04. The molecule has 1 amide bonds. The molecule has 0 radical (unpaired) electrons. The fraction of sp³-hybridized carbons (Fsp3) is 0.467. The molecule has 0 aliphatic heterocycles. The molecule has 2 N–H and O–H groups in total. The number of carboxylic acid groups (broad SMARTS) is 1. The molecule has 0 spiro atoms. The van der Waals surface area contributed by atoms with E-state index in [1.807, 2.05) is 0 Å². The normalized spacial score (nSPS) is 14.5. The minimum absolute atomic E-state index is 0.00893. The van der Waals surface area contributed by atoms with Crippen LogP contribution in [0.1, 0.15) is 35.7 Å². The minimum Gasteiger partial charge on any atom is -0.480 e. The molecule has 0 saturated heterocycles. The number of aliphatic carboxylic acids is 1. The first-order valence-electron chi connectivity index (χ1n) is 7.41. The van der Waals surface area contributed by atoms with Gasteiger partial charge in [0.05, 0.1) is 5.75 Å². The summed E-state index contributed by atoms with van der Waals surface area (Å²) in [6.07, 6.45) is 1.66. The van der Waals surface area contributed by atoms with Crippen LogP contribution in [0.2, 0.25) is 0 Å². The van der Waals surface area contributed by atoms with Gasteiger partial charge >= 0.3 is 5.97 Å². The Bertz CT molecular complexity index is 680. The maximum Gasteiger partial charge on any atom is 0.323 e. The molecular formula is C15H20N2O5S. The second kappa shape index (κ2) is 7.10. The van der Waals surface area contributed by atoms with E-state index in [2.05, 4.69) is 4.72 Å².